The number of nitrogens with zero attached hydrogens (tertiary/aromatic N) is 1. The van der Waals surface area contributed by atoms with E-state index in [9.17, 15) is 19.5 Å². The van der Waals surface area contributed by atoms with E-state index in [1.807, 2.05) is 41.8 Å². The van der Waals surface area contributed by atoms with Crippen molar-refractivity contribution in [2.75, 3.05) is 13.2 Å². The van der Waals surface area contributed by atoms with Gasteiger partial charge in [-0.3, -0.25) is 19.3 Å². The van der Waals surface area contributed by atoms with Gasteiger partial charge in [-0.25, -0.2) is 0 Å². The minimum atomic E-state index is -1.29. The van der Waals surface area contributed by atoms with Crippen molar-refractivity contribution in [3.8, 4) is 5.75 Å². The van der Waals surface area contributed by atoms with E-state index in [-0.39, 0.29) is 12.5 Å². The Morgan fingerprint density at radius 3 is 2.21 bits per heavy atom. The Morgan fingerprint density at radius 1 is 1.03 bits per heavy atom. The van der Waals surface area contributed by atoms with Crippen molar-refractivity contribution in [1.29, 1.82) is 0 Å². The summed E-state index contributed by atoms with van der Waals surface area (Å²) in [6.45, 7) is 8.11. The number of benzene rings is 2. The minimum Gasteiger partial charge on any atom is -0.493 e. The number of rotatable bonds is 12. The van der Waals surface area contributed by atoms with Crippen LogP contribution in [0.3, 0.4) is 0 Å². The van der Waals surface area contributed by atoms with Crippen molar-refractivity contribution in [3.63, 3.8) is 0 Å². The van der Waals surface area contributed by atoms with Crippen molar-refractivity contribution in [3.05, 3.63) is 87.6 Å². The number of ether oxygens (including phenoxy) is 1. The first-order valence-electron chi connectivity index (χ1n) is 13.3. The summed E-state index contributed by atoms with van der Waals surface area (Å²) in [4.78, 5) is 41.7. The SMILES string of the molecule is CCCC(C)COc1ccc([C@@H](NC(=O)C(CN2C(=O)c3ccccc3C2=O)c2cccs2)C(C)(C)O)cc1. The van der Waals surface area contributed by atoms with Crippen LogP contribution in [0.1, 0.15) is 83.7 Å². The molecule has 0 spiro atoms. The van der Waals surface area contributed by atoms with Crippen LogP contribution < -0.4 is 10.1 Å². The van der Waals surface area contributed by atoms with Gasteiger partial charge in [0.05, 0.1) is 35.3 Å². The minimum absolute atomic E-state index is 0.0972. The van der Waals surface area contributed by atoms with Crippen molar-refractivity contribution >= 4 is 29.1 Å². The molecule has 2 unspecified atom stereocenters. The number of aliphatic hydroxyl groups is 1. The first kappa shape index (κ1) is 28.5. The van der Waals surface area contributed by atoms with Gasteiger partial charge in [0, 0.05) is 11.4 Å². The molecule has 39 heavy (non-hydrogen) atoms. The average Bonchev–Trinajstić information content (AvgIpc) is 3.52. The normalized spacial score (nSPS) is 15.6. The predicted octanol–water partition coefficient (Wildman–Crippen LogP) is 5.57. The van der Waals surface area contributed by atoms with Gasteiger partial charge in [-0.1, -0.05) is 50.6 Å². The van der Waals surface area contributed by atoms with E-state index < -0.39 is 29.4 Å². The lowest BCUT2D eigenvalue weighted by Crippen LogP contribution is -2.46. The molecule has 2 heterocycles. The van der Waals surface area contributed by atoms with Gasteiger partial charge >= 0.3 is 0 Å². The molecular weight excluding hydrogens is 512 g/mol. The number of carbonyl (C=O) groups excluding carboxylic acids is 3. The Morgan fingerprint density at radius 2 is 1.67 bits per heavy atom. The molecule has 0 saturated heterocycles. The number of nitrogens with one attached hydrogen (secondary N) is 1. The highest BCUT2D eigenvalue weighted by atomic mass is 32.1. The molecule has 3 atom stereocenters. The van der Waals surface area contributed by atoms with Crippen LogP contribution in [0, 0.1) is 5.92 Å². The molecule has 7 nitrogen and oxygen atoms in total. The number of carbonyl (C=O) groups is 3. The Balaban J connectivity index is 1.53. The summed E-state index contributed by atoms with van der Waals surface area (Å²) in [5.74, 6) is -0.811. The molecule has 1 aliphatic rings. The molecule has 3 amide bonds. The lowest BCUT2D eigenvalue weighted by Gasteiger charge is -2.32. The molecule has 0 saturated carbocycles. The van der Waals surface area contributed by atoms with Crippen LogP contribution in [0.15, 0.2) is 66.0 Å². The smallest absolute Gasteiger partial charge is 0.261 e. The highest BCUT2D eigenvalue weighted by molar-refractivity contribution is 7.10. The number of fused-ring (bicyclic) bond motifs is 1. The molecule has 8 heteroatoms. The maximum Gasteiger partial charge on any atom is 0.261 e. The number of amides is 3. The molecule has 1 aromatic heterocycles. The van der Waals surface area contributed by atoms with Gasteiger partial charge in [0.15, 0.2) is 0 Å². The summed E-state index contributed by atoms with van der Waals surface area (Å²) in [6, 6.07) is 17.0. The zero-order chi connectivity index (χ0) is 28.2. The van der Waals surface area contributed by atoms with Crippen LogP contribution in [0.2, 0.25) is 0 Å². The van der Waals surface area contributed by atoms with Crippen molar-refractivity contribution < 1.29 is 24.2 Å². The van der Waals surface area contributed by atoms with Crippen LogP contribution in [0.25, 0.3) is 0 Å². The van der Waals surface area contributed by atoms with E-state index in [0.29, 0.717) is 23.7 Å². The van der Waals surface area contributed by atoms with E-state index in [4.69, 9.17) is 4.74 Å². The fourth-order valence-electron chi connectivity index (χ4n) is 4.86. The fourth-order valence-corrected chi connectivity index (χ4v) is 5.68. The summed E-state index contributed by atoms with van der Waals surface area (Å²) in [7, 11) is 0. The third kappa shape index (κ3) is 6.57. The van der Waals surface area contributed by atoms with Crippen molar-refractivity contribution in [2.24, 2.45) is 5.92 Å². The highest BCUT2D eigenvalue weighted by Gasteiger charge is 2.40. The second kappa shape index (κ2) is 12.1. The summed E-state index contributed by atoms with van der Waals surface area (Å²) in [5, 5.41) is 15.9. The van der Waals surface area contributed by atoms with Crippen LogP contribution in [0.4, 0.5) is 0 Å². The maximum absolute atomic E-state index is 13.8. The predicted molar refractivity (Wildman–Crippen MR) is 152 cm³/mol. The van der Waals surface area contributed by atoms with E-state index in [1.165, 1.54) is 11.3 Å². The molecule has 0 aliphatic carbocycles. The molecule has 3 aromatic rings. The average molecular weight is 549 g/mol. The van der Waals surface area contributed by atoms with Crippen LogP contribution in [-0.4, -0.2) is 46.5 Å². The number of imide groups is 1. The molecule has 2 N–H and O–H groups in total. The standard InChI is InChI=1S/C31H36N2O5S/c1-5-9-20(2)19-38-22-15-13-21(14-16-22)27(31(3,4)37)32-28(34)25(26-12-8-17-39-26)18-33-29(35)23-10-6-7-11-24(23)30(33)36/h6-8,10-17,20,25,27,37H,5,9,18-19H2,1-4H3,(H,32,34)/t20?,25?,27-/m1/s1. The Hall–Kier alpha value is -3.49. The summed E-state index contributed by atoms with van der Waals surface area (Å²) < 4.78 is 5.91. The van der Waals surface area contributed by atoms with Crippen LogP contribution in [-0.2, 0) is 4.79 Å². The molecule has 2 aromatic carbocycles. The summed E-state index contributed by atoms with van der Waals surface area (Å²) >= 11 is 1.38. The molecular formula is C31H36N2O5S. The zero-order valence-electron chi connectivity index (χ0n) is 22.8. The zero-order valence-corrected chi connectivity index (χ0v) is 23.7. The van der Waals surface area contributed by atoms with Gasteiger partial charge in [-0.2, -0.15) is 0 Å². The van der Waals surface area contributed by atoms with Gasteiger partial charge in [-0.15, -0.1) is 11.3 Å². The van der Waals surface area contributed by atoms with Gasteiger partial charge in [-0.05, 0) is 67.5 Å². The van der Waals surface area contributed by atoms with E-state index >= 15 is 0 Å². The second-order valence-electron chi connectivity index (χ2n) is 10.7. The van der Waals surface area contributed by atoms with Crippen LogP contribution >= 0.6 is 11.3 Å². The lowest BCUT2D eigenvalue weighted by molar-refractivity contribution is -0.125. The van der Waals surface area contributed by atoms with Crippen LogP contribution in [0.5, 0.6) is 5.75 Å². The quantitative estimate of drug-likeness (QED) is 0.289. The monoisotopic (exact) mass is 548 g/mol. The summed E-state index contributed by atoms with van der Waals surface area (Å²) in [6.07, 6.45) is 2.20. The summed E-state index contributed by atoms with van der Waals surface area (Å²) in [5.41, 5.74) is 0.112. The Labute approximate surface area is 233 Å². The molecule has 0 fully saturated rings. The molecule has 1 aliphatic heterocycles. The Kier molecular flexibility index (Phi) is 8.87. The first-order valence-corrected chi connectivity index (χ1v) is 14.2. The van der Waals surface area contributed by atoms with Gasteiger partial charge < -0.3 is 15.2 Å². The number of hydrogen-bond acceptors (Lipinski definition) is 6. The van der Waals surface area contributed by atoms with E-state index in [2.05, 4.69) is 19.2 Å². The molecule has 0 bridgehead atoms. The van der Waals surface area contributed by atoms with Gasteiger partial charge in [0.1, 0.15) is 5.75 Å². The third-order valence-corrected chi connectivity index (χ3v) is 7.95. The van der Waals surface area contributed by atoms with Crippen molar-refractivity contribution in [2.45, 2.75) is 58.1 Å². The molecule has 0 radical (unpaired) electrons. The lowest BCUT2D eigenvalue weighted by atomic mass is 9.91. The molecule has 206 valence electrons. The van der Waals surface area contributed by atoms with E-state index in [0.717, 1.165) is 33.9 Å². The topological polar surface area (TPSA) is 95.9 Å². The van der Waals surface area contributed by atoms with E-state index in [1.54, 1.807) is 38.1 Å². The first-order chi connectivity index (χ1) is 18.6. The number of hydrogen-bond donors (Lipinski definition) is 2. The van der Waals surface area contributed by atoms with Crippen molar-refractivity contribution in [1.82, 2.24) is 10.2 Å². The van der Waals surface area contributed by atoms with Gasteiger partial charge in [0.25, 0.3) is 11.8 Å². The molecule has 4 rings (SSSR count). The number of thiophene rings is 1. The second-order valence-corrected chi connectivity index (χ2v) is 11.7. The van der Waals surface area contributed by atoms with Gasteiger partial charge in [0.2, 0.25) is 5.91 Å². The largest absolute Gasteiger partial charge is 0.493 e. The Bertz CT molecular complexity index is 1260. The fraction of sp³-hybridized carbons (Fsp3) is 0.387. The highest BCUT2D eigenvalue weighted by Crippen LogP contribution is 2.32. The third-order valence-electron chi connectivity index (χ3n) is 6.97. The maximum atomic E-state index is 13.8.